The van der Waals surface area contributed by atoms with E-state index in [2.05, 4.69) is 0 Å². The Labute approximate surface area is 94.9 Å². The van der Waals surface area contributed by atoms with Gasteiger partial charge in [0.05, 0.1) is 19.0 Å². The Morgan fingerprint density at radius 1 is 1.56 bits per heavy atom. The van der Waals surface area contributed by atoms with E-state index >= 15 is 0 Å². The van der Waals surface area contributed by atoms with Crippen molar-refractivity contribution in [2.24, 2.45) is 0 Å². The van der Waals surface area contributed by atoms with Gasteiger partial charge in [0.2, 0.25) is 0 Å². The van der Waals surface area contributed by atoms with E-state index in [9.17, 15) is 13.2 Å². The summed E-state index contributed by atoms with van der Waals surface area (Å²) in [6.07, 6.45) is 1.20. The lowest BCUT2D eigenvalue weighted by atomic mass is 10.1. The highest BCUT2D eigenvalue weighted by Crippen LogP contribution is 2.22. The van der Waals surface area contributed by atoms with Gasteiger partial charge in [0.25, 0.3) is 10.1 Å². The molecule has 1 aliphatic rings. The number of rotatable bonds is 4. The SMILES string of the molecule is CCON1CCC(OS(C)(=O)=O)CC1=C=O. The molecule has 92 valence electrons. The van der Waals surface area contributed by atoms with Crippen molar-refractivity contribution >= 4 is 16.1 Å². The van der Waals surface area contributed by atoms with E-state index < -0.39 is 16.2 Å². The molecule has 0 bridgehead atoms. The first-order chi connectivity index (χ1) is 7.46. The maximum atomic E-state index is 10.9. The zero-order valence-corrected chi connectivity index (χ0v) is 10.1. The van der Waals surface area contributed by atoms with Crippen LogP contribution in [0.3, 0.4) is 0 Å². The largest absolute Gasteiger partial charge is 0.273 e. The van der Waals surface area contributed by atoms with Crippen LogP contribution in [0.2, 0.25) is 0 Å². The first-order valence-electron chi connectivity index (χ1n) is 4.99. The minimum atomic E-state index is -3.49. The van der Waals surface area contributed by atoms with Gasteiger partial charge in [-0.15, -0.1) is 0 Å². The smallest absolute Gasteiger partial charge is 0.264 e. The molecule has 1 fully saturated rings. The second kappa shape index (κ2) is 5.45. The standard InChI is InChI=1S/C9H15NO5S/c1-3-14-10-5-4-9(6-8(10)7-11)15-16(2,12)13/h9H,3-6H2,1-2H3. The van der Waals surface area contributed by atoms with Crippen molar-refractivity contribution in [3.05, 3.63) is 5.70 Å². The number of nitrogens with zero attached hydrogens (tertiary/aromatic N) is 1. The molecule has 6 nitrogen and oxygen atoms in total. The van der Waals surface area contributed by atoms with Gasteiger partial charge < -0.3 is 0 Å². The van der Waals surface area contributed by atoms with Crippen molar-refractivity contribution in [1.82, 2.24) is 5.06 Å². The average molecular weight is 249 g/mol. The van der Waals surface area contributed by atoms with Crippen LogP contribution < -0.4 is 0 Å². The minimum absolute atomic E-state index is 0.205. The van der Waals surface area contributed by atoms with Crippen LogP contribution in [-0.4, -0.2) is 44.9 Å². The lowest BCUT2D eigenvalue weighted by molar-refractivity contribution is -0.143. The lowest BCUT2D eigenvalue weighted by Gasteiger charge is -2.31. The number of hydroxylamine groups is 2. The quantitative estimate of drug-likeness (QED) is 0.519. The Bertz CT molecular complexity index is 385. The van der Waals surface area contributed by atoms with Crippen molar-refractivity contribution in [2.45, 2.75) is 25.9 Å². The highest BCUT2D eigenvalue weighted by Gasteiger charge is 2.27. The Hall–Kier alpha value is -0.880. The van der Waals surface area contributed by atoms with Gasteiger partial charge in [-0.25, -0.2) is 9.86 Å². The van der Waals surface area contributed by atoms with E-state index in [0.717, 1.165) is 6.26 Å². The molecule has 0 aromatic rings. The molecule has 1 atom stereocenters. The fraction of sp³-hybridized carbons (Fsp3) is 0.778. The van der Waals surface area contributed by atoms with Gasteiger partial charge in [-0.3, -0.25) is 9.02 Å². The minimum Gasteiger partial charge on any atom is -0.273 e. The van der Waals surface area contributed by atoms with Crippen molar-refractivity contribution in [2.75, 3.05) is 19.4 Å². The molecule has 0 radical (unpaired) electrons. The molecular weight excluding hydrogens is 234 g/mol. The Morgan fingerprint density at radius 2 is 2.25 bits per heavy atom. The number of hydrogen-bond acceptors (Lipinski definition) is 6. The van der Waals surface area contributed by atoms with Gasteiger partial charge in [-0.05, 0) is 13.3 Å². The van der Waals surface area contributed by atoms with Crippen molar-refractivity contribution in [3.8, 4) is 0 Å². The zero-order chi connectivity index (χ0) is 12.2. The van der Waals surface area contributed by atoms with Crippen LogP contribution in [0, 0.1) is 0 Å². The summed E-state index contributed by atoms with van der Waals surface area (Å²) in [5.41, 5.74) is 0.293. The number of piperidine rings is 1. The van der Waals surface area contributed by atoms with Crippen LogP contribution in [-0.2, 0) is 23.9 Å². The Balaban J connectivity index is 2.63. The van der Waals surface area contributed by atoms with Crippen molar-refractivity contribution in [3.63, 3.8) is 0 Å². The molecule has 0 spiro atoms. The van der Waals surface area contributed by atoms with Gasteiger partial charge in [0.1, 0.15) is 11.6 Å². The molecule has 0 amide bonds. The van der Waals surface area contributed by atoms with E-state index in [1.54, 1.807) is 5.94 Å². The third-order valence-corrected chi connectivity index (χ3v) is 2.71. The predicted octanol–water partition coefficient (Wildman–Crippen LogP) is 0.0940. The molecule has 0 N–H and O–H groups in total. The third kappa shape index (κ3) is 3.94. The molecule has 0 aromatic carbocycles. The van der Waals surface area contributed by atoms with Gasteiger partial charge in [0.15, 0.2) is 0 Å². The lowest BCUT2D eigenvalue weighted by Crippen LogP contribution is -2.36. The fourth-order valence-electron chi connectivity index (χ4n) is 1.54. The average Bonchev–Trinajstić information content (AvgIpc) is 2.18. The molecule has 0 aliphatic carbocycles. The van der Waals surface area contributed by atoms with Crippen LogP contribution >= 0.6 is 0 Å². The highest BCUT2D eigenvalue weighted by molar-refractivity contribution is 7.86. The van der Waals surface area contributed by atoms with Crippen LogP contribution in [0.15, 0.2) is 5.70 Å². The summed E-state index contributed by atoms with van der Waals surface area (Å²) in [5, 5.41) is 1.44. The van der Waals surface area contributed by atoms with Crippen molar-refractivity contribution in [1.29, 1.82) is 0 Å². The summed E-state index contributed by atoms with van der Waals surface area (Å²) in [5.74, 6) is 1.75. The molecule has 7 heteroatoms. The zero-order valence-electron chi connectivity index (χ0n) is 9.30. The van der Waals surface area contributed by atoms with E-state index in [1.165, 1.54) is 5.06 Å². The molecule has 16 heavy (non-hydrogen) atoms. The van der Waals surface area contributed by atoms with E-state index in [-0.39, 0.29) is 6.42 Å². The summed E-state index contributed by atoms with van der Waals surface area (Å²) in [4.78, 5) is 15.9. The van der Waals surface area contributed by atoms with E-state index in [1.807, 2.05) is 6.92 Å². The molecule has 1 aliphatic heterocycles. The maximum absolute atomic E-state index is 10.9. The second-order valence-corrected chi connectivity index (χ2v) is 5.08. The van der Waals surface area contributed by atoms with Crippen molar-refractivity contribution < 1.29 is 22.2 Å². The van der Waals surface area contributed by atoms with Gasteiger partial charge >= 0.3 is 0 Å². The third-order valence-electron chi connectivity index (χ3n) is 2.09. The first kappa shape index (κ1) is 13.2. The topological polar surface area (TPSA) is 72.9 Å². The molecule has 1 heterocycles. The second-order valence-electron chi connectivity index (χ2n) is 3.48. The molecule has 1 unspecified atom stereocenters. The van der Waals surface area contributed by atoms with Crippen LogP contribution in [0.4, 0.5) is 0 Å². The maximum Gasteiger partial charge on any atom is 0.264 e. The first-order valence-corrected chi connectivity index (χ1v) is 6.80. The van der Waals surface area contributed by atoms with Crippen LogP contribution in [0.5, 0.6) is 0 Å². The normalized spacial score (nSPS) is 22.0. The number of hydrogen-bond donors (Lipinski definition) is 0. The Morgan fingerprint density at radius 3 is 2.75 bits per heavy atom. The van der Waals surface area contributed by atoms with Gasteiger partial charge in [-0.2, -0.15) is 8.42 Å². The van der Waals surface area contributed by atoms with E-state index in [0.29, 0.717) is 25.3 Å². The number of carbonyl (C=O) groups excluding carboxylic acids is 1. The fourth-order valence-corrected chi connectivity index (χ4v) is 2.19. The summed E-state index contributed by atoms with van der Waals surface area (Å²) in [6.45, 7) is 2.68. The monoisotopic (exact) mass is 249 g/mol. The molecule has 0 aromatic heterocycles. The van der Waals surface area contributed by atoms with Gasteiger partial charge in [-0.1, -0.05) is 0 Å². The summed E-state index contributed by atoms with van der Waals surface area (Å²) >= 11 is 0. The van der Waals surface area contributed by atoms with E-state index in [4.69, 9.17) is 9.02 Å². The Kier molecular flexibility index (Phi) is 4.49. The van der Waals surface area contributed by atoms with Crippen LogP contribution in [0.1, 0.15) is 19.8 Å². The highest BCUT2D eigenvalue weighted by atomic mass is 32.2. The molecule has 0 saturated carbocycles. The molecular formula is C9H15NO5S. The molecule has 1 rings (SSSR count). The summed E-state index contributed by atoms with van der Waals surface area (Å²) in [6, 6.07) is 0. The predicted molar refractivity (Wildman–Crippen MR) is 56.5 cm³/mol. The van der Waals surface area contributed by atoms with Gasteiger partial charge in [0, 0.05) is 13.0 Å². The summed E-state index contributed by atoms with van der Waals surface area (Å²) < 4.78 is 26.7. The molecule has 1 saturated heterocycles. The van der Waals surface area contributed by atoms with Crippen LogP contribution in [0.25, 0.3) is 0 Å². The summed E-state index contributed by atoms with van der Waals surface area (Å²) in [7, 11) is -3.49.